The number of hydrogen-bond donors (Lipinski definition) is 1. The minimum Gasteiger partial charge on any atom is -0.381 e. The monoisotopic (exact) mass is 304 g/mol. The van der Waals surface area contributed by atoms with Gasteiger partial charge in [-0.15, -0.1) is 0 Å². The first kappa shape index (κ1) is 15.3. The molecule has 0 fully saturated rings. The van der Waals surface area contributed by atoms with Gasteiger partial charge >= 0.3 is 0 Å². The first-order chi connectivity index (χ1) is 10.1. The molecule has 2 rings (SSSR count). The van der Waals surface area contributed by atoms with Crippen molar-refractivity contribution in [3.63, 3.8) is 0 Å². The molecule has 4 nitrogen and oxygen atoms in total. The van der Waals surface area contributed by atoms with Crippen LogP contribution in [0.25, 0.3) is 0 Å². The van der Waals surface area contributed by atoms with Gasteiger partial charge in [-0.3, -0.25) is 10.1 Å². The van der Waals surface area contributed by atoms with Crippen LogP contribution in [0.15, 0.2) is 42.5 Å². The van der Waals surface area contributed by atoms with E-state index in [2.05, 4.69) is 24.4 Å². The molecule has 5 heteroatoms. The summed E-state index contributed by atoms with van der Waals surface area (Å²) < 4.78 is 0. The van der Waals surface area contributed by atoms with Crippen molar-refractivity contribution in [1.82, 2.24) is 0 Å². The average Bonchev–Trinajstić information content (AvgIpc) is 2.47. The van der Waals surface area contributed by atoms with Crippen LogP contribution in [-0.2, 0) is 13.0 Å². The van der Waals surface area contributed by atoms with Gasteiger partial charge in [0.2, 0.25) is 0 Å². The van der Waals surface area contributed by atoms with E-state index < -0.39 is 4.92 Å². The summed E-state index contributed by atoms with van der Waals surface area (Å²) in [6, 6.07) is 12.8. The molecule has 0 heterocycles. The molecule has 0 aromatic heterocycles. The zero-order valence-corrected chi connectivity index (χ0v) is 12.6. The quantitative estimate of drug-likeness (QED) is 0.615. The normalized spacial score (nSPS) is 10.4. The Bertz CT molecular complexity index is 627. The van der Waals surface area contributed by atoms with Crippen LogP contribution < -0.4 is 5.32 Å². The first-order valence-electron chi connectivity index (χ1n) is 6.85. The van der Waals surface area contributed by atoms with Crippen LogP contribution in [0.3, 0.4) is 0 Å². The Balaban J connectivity index is 2.01. The van der Waals surface area contributed by atoms with Gasteiger partial charge in [-0.1, -0.05) is 37.1 Å². The minimum absolute atomic E-state index is 0.00710. The van der Waals surface area contributed by atoms with E-state index in [4.69, 9.17) is 11.6 Å². The van der Waals surface area contributed by atoms with E-state index in [0.29, 0.717) is 11.6 Å². The van der Waals surface area contributed by atoms with Gasteiger partial charge in [-0.25, -0.2) is 0 Å². The third kappa shape index (κ3) is 4.20. The molecule has 0 bridgehead atoms. The molecule has 0 aliphatic heterocycles. The molecule has 1 N–H and O–H groups in total. The Kier molecular flexibility index (Phi) is 5.17. The Morgan fingerprint density at radius 1 is 1.19 bits per heavy atom. The highest BCUT2D eigenvalue weighted by molar-refractivity contribution is 6.31. The van der Waals surface area contributed by atoms with E-state index in [0.717, 1.165) is 24.1 Å². The summed E-state index contributed by atoms with van der Waals surface area (Å²) >= 11 is 6.06. The van der Waals surface area contributed by atoms with Crippen molar-refractivity contribution in [2.75, 3.05) is 5.32 Å². The van der Waals surface area contributed by atoms with E-state index in [1.807, 2.05) is 12.1 Å². The molecule has 0 amide bonds. The van der Waals surface area contributed by atoms with Crippen LogP contribution in [0.5, 0.6) is 0 Å². The maximum atomic E-state index is 10.7. The van der Waals surface area contributed by atoms with Gasteiger partial charge in [0.1, 0.15) is 0 Å². The van der Waals surface area contributed by atoms with Crippen LogP contribution in [-0.4, -0.2) is 4.92 Å². The lowest BCUT2D eigenvalue weighted by atomic mass is 10.1. The van der Waals surface area contributed by atoms with Gasteiger partial charge in [0, 0.05) is 24.4 Å². The number of nitro groups is 1. The summed E-state index contributed by atoms with van der Waals surface area (Å²) in [7, 11) is 0. The van der Waals surface area contributed by atoms with E-state index >= 15 is 0 Å². The molecule has 0 saturated heterocycles. The second-order valence-electron chi connectivity index (χ2n) is 4.83. The summed E-state index contributed by atoms with van der Waals surface area (Å²) in [6.45, 7) is 2.69. The lowest BCUT2D eigenvalue weighted by molar-refractivity contribution is -0.384. The van der Waals surface area contributed by atoms with Crippen LogP contribution in [0, 0.1) is 10.1 Å². The standard InChI is InChI=1S/C16H17ClN2O2/c1-2-3-12-4-7-14(8-5-12)18-11-13-6-9-15(19(20)21)10-16(13)17/h4-10,18H,2-3,11H2,1H3. The number of nitrogens with zero attached hydrogens (tertiary/aromatic N) is 1. The van der Waals surface area contributed by atoms with Crippen molar-refractivity contribution >= 4 is 23.0 Å². The number of nitro benzene ring substituents is 1. The molecule has 0 atom stereocenters. The van der Waals surface area contributed by atoms with Gasteiger partial charge in [-0.05, 0) is 35.7 Å². The zero-order valence-electron chi connectivity index (χ0n) is 11.8. The fraction of sp³-hybridized carbons (Fsp3) is 0.250. The molecule has 21 heavy (non-hydrogen) atoms. The van der Waals surface area contributed by atoms with E-state index in [-0.39, 0.29) is 5.69 Å². The number of hydrogen-bond acceptors (Lipinski definition) is 3. The Hall–Kier alpha value is -2.07. The summed E-state index contributed by atoms with van der Waals surface area (Å²) in [5.41, 5.74) is 3.16. The van der Waals surface area contributed by atoms with Crippen molar-refractivity contribution < 1.29 is 4.92 Å². The Morgan fingerprint density at radius 2 is 1.90 bits per heavy atom. The SMILES string of the molecule is CCCc1ccc(NCc2ccc([N+](=O)[O-])cc2Cl)cc1. The summed E-state index contributed by atoms with van der Waals surface area (Å²) in [5.74, 6) is 0. The zero-order chi connectivity index (χ0) is 15.2. The highest BCUT2D eigenvalue weighted by Gasteiger charge is 2.09. The number of benzene rings is 2. The average molecular weight is 305 g/mol. The molecule has 110 valence electrons. The fourth-order valence-corrected chi connectivity index (χ4v) is 2.31. The lowest BCUT2D eigenvalue weighted by Gasteiger charge is -2.09. The molecule has 0 aliphatic rings. The summed E-state index contributed by atoms with van der Waals surface area (Å²) in [4.78, 5) is 10.2. The molecule has 2 aromatic carbocycles. The van der Waals surface area contributed by atoms with Crippen molar-refractivity contribution in [2.24, 2.45) is 0 Å². The van der Waals surface area contributed by atoms with Crippen molar-refractivity contribution in [1.29, 1.82) is 0 Å². The van der Waals surface area contributed by atoms with Crippen molar-refractivity contribution in [3.8, 4) is 0 Å². The summed E-state index contributed by atoms with van der Waals surface area (Å²) in [6.07, 6.45) is 2.21. The van der Waals surface area contributed by atoms with E-state index in [1.54, 1.807) is 6.07 Å². The highest BCUT2D eigenvalue weighted by atomic mass is 35.5. The number of anilines is 1. The number of rotatable bonds is 6. The van der Waals surface area contributed by atoms with Crippen molar-refractivity contribution in [2.45, 2.75) is 26.3 Å². The molecular weight excluding hydrogens is 288 g/mol. The minimum atomic E-state index is -0.449. The Labute approximate surface area is 128 Å². The number of nitrogens with one attached hydrogen (secondary N) is 1. The molecular formula is C16H17ClN2O2. The fourth-order valence-electron chi connectivity index (χ4n) is 2.07. The van der Waals surface area contributed by atoms with Gasteiger partial charge < -0.3 is 5.32 Å². The van der Waals surface area contributed by atoms with Crippen LogP contribution in [0.1, 0.15) is 24.5 Å². The van der Waals surface area contributed by atoms with Gasteiger partial charge in [0.05, 0.1) is 9.95 Å². The smallest absolute Gasteiger partial charge is 0.270 e. The van der Waals surface area contributed by atoms with Crippen LogP contribution in [0.2, 0.25) is 5.02 Å². The number of non-ortho nitro benzene ring substituents is 1. The van der Waals surface area contributed by atoms with Crippen molar-refractivity contribution in [3.05, 3.63) is 68.7 Å². The second kappa shape index (κ2) is 7.09. The third-order valence-corrected chi connectivity index (χ3v) is 3.57. The molecule has 2 aromatic rings. The molecule has 0 unspecified atom stereocenters. The molecule has 0 aliphatic carbocycles. The van der Waals surface area contributed by atoms with Gasteiger partial charge in [0.15, 0.2) is 0 Å². The molecule has 0 spiro atoms. The van der Waals surface area contributed by atoms with E-state index in [1.165, 1.54) is 17.7 Å². The predicted molar refractivity (Wildman–Crippen MR) is 85.9 cm³/mol. The van der Waals surface area contributed by atoms with Crippen LogP contribution >= 0.6 is 11.6 Å². The first-order valence-corrected chi connectivity index (χ1v) is 7.23. The molecule has 0 radical (unpaired) electrons. The largest absolute Gasteiger partial charge is 0.381 e. The topological polar surface area (TPSA) is 55.2 Å². The number of halogens is 1. The summed E-state index contributed by atoms with van der Waals surface area (Å²) in [5, 5.41) is 14.3. The second-order valence-corrected chi connectivity index (χ2v) is 5.24. The van der Waals surface area contributed by atoms with Crippen LogP contribution in [0.4, 0.5) is 11.4 Å². The predicted octanol–water partition coefficient (Wildman–Crippen LogP) is 4.81. The van der Waals surface area contributed by atoms with E-state index in [9.17, 15) is 10.1 Å². The lowest BCUT2D eigenvalue weighted by Crippen LogP contribution is -2.00. The maximum absolute atomic E-state index is 10.7. The van der Waals surface area contributed by atoms with Gasteiger partial charge in [0.25, 0.3) is 5.69 Å². The van der Waals surface area contributed by atoms with Gasteiger partial charge in [-0.2, -0.15) is 0 Å². The maximum Gasteiger partial charge on any atom is 0.270 e. The highest BCUT2D eigenvalue weighted by Crippen LogP contribution is 2.23. The number of aryl methyl sites for hydroxylation is 1. The third-order valence-electron chi connectivity index (χ3n) is 3.22. The Morgan fingerprint density at radius 3 is 2.48 bits per heavy atom. The molecule has 0 saturated carbocycles.